The summed E-state index contributed by atoms with van der Waals surface area (Å²) in [6, 6.07) is 11.1. The van der Waals surface area contributed by atoms with Gasteiger partial charge in [-0.1, -0.05) is 51.3 Å². The summed E-state index contributed by atoms with van der Waals surface area (Å²) in [6.07, 6.45) is -0.771. The fourth-order valence-electron chi connectivity index (χ4n) is 1.90. The average molecular weight is 342 g/mol. The number of halogens is 2. The number of hydrogen-bond acceptors (Lipinski definition) is 2. The Hall–Kier alpha value is -1.03. The minimum Gasteiger partial charge on any atom is -0.497 e. The maximum absolute atomic E-state index is 10.5. The normalized spacial score (nSPS) is 12.3. The van der Waals surface area contributed by atoms with Crippen molar-refractivity contribution in [3.63, 3.8) is 0 Å². The summed E-state index contributed by atoms with van der Waals surface area (Å²) < 4.78 is 5.96. The van der Waals surface area contributed by atoms with E-state index in [1.165, 1.54) is 0 Å². The molecule has 2 aromatic rings. The highest BCUT2D eigenvalue weighted by Gasteiger charge is 2.17. The molecule has 0 heterocycles. The molecule has 0 saturated heterocycles. The van der Waals surface area contributed by atoms with Crippen LogP contribution in [-0.2, 0) is 0 Å². The lowest BCUT2D eigenvalue weighted by Crippen LogP contribution is -2.02. The topological polar surface area (TPSA) is 29.5 Å². The van der Waals surface area contributed by atoms with Gasteiger partial charge in [-0.15, -0.1) is 0 Å². The maximum Gasteiger partial charge on any atom is 0.120 e. The van der Waals surface area contributed by atoms with Crippen LogP contribution in [0, 0.1) is 6.92 Å². The van der Waals surface area contributed by atoms with E-state index in [0.29, 0.717) is 16.3 Å². The van der Waals surface area contributed by atoms with Crippen LogP contribution in [0.1, 0.15) is 22.8 Å². The Bertz CT molecular complexity index is 599. The first-order valence-electron chi connectivity index (χ1n) is 5.80. The monoisotopic (exact) mass is 340 g/mol. The van der Waals surface area contributed by atoms with E-state index in [2.05, 4.69) is 15.9 Å². The zero-order chi connectivity index (χ0) is 14.0. The summed E-state index contributed by atoms with van der Waals surface area (Å²) in [5, 5.41) is 11.0. The number of rotatable bonds is 3. The standard InChI is InChI=1S/C15H14BrClO2/c1-9-3-6-13(16)12(7-9)15(18)11-5-4-10(19-2)8-14(11)17/h3-8,15,18H,1-2H3. The molecule has 0 fully saturated rings. The smallest absolute Gasteiger partial charge is 0.120 e. The SMILES string of the molecule is COc1ccc(C(O)c2cc(C)ccc2Br)c(Cl)c1. The van der Waals surface area contributed by atoms with Crippen molar-refractivity contribution in [2.24, 2.45) is 0 Å². The van der Waals surface area contributed by atoms with Gasteiger partial charge in [-0.25, -0.2) is 0 Å². The molecule has 2 aromatic carbocycles. The van der Waals surface area contributed by atoms with Crippen molar-refractivity contribution in [2.45, 2.75) is 13.0 Å². The van der Waals surface area contributed by atoms with Crippen molar-refractivity contribution < 1.29 is 9.84 Å². The van der Waals surface area contributed by atoms with Crippen LogP contribution in [0.15, 0.2) is 40.9 Å². The Balaban J connectivity index is 2.43. The first-order chi connectivity index (χ1) is 9.02. The van der Waals surface area contributed by atoms with Crippen LogP contribution in [0.25, 0.3) is 0 Å². The second-order valence-electron chi connectivity index (χ2n) is 4.31. The van der Waals surface area contributed by atoms with Crippen LogP contribution in [0.3, 0.4) is 0 Å². The van der Waals surface area contributed by atoms with E-state index in [1.54, 1.807) is 25.3 Å². The molecule has 2 nitrogen and oxygen atoms in total. The third kappa shape index (κ3) is 3.11. The number of ether oxygens (including phenoxy) is 1. The average Bonchev–Trinajstić information content (AvgIpc) is 2.40. The summed E-state index contributed by atoms with van der Waals surface area (Å²) in [6.45, 7) is 1.98. The van der Waals surface area contributed by atoms with Crippen molar-refractivity contribution in [1.82, 2.24) is 0 Å². The fourth-order valence-corrected chi connectivity index (χ4v) is 2.63. The second-order valence-corrected chi connectivity index (χ2v) is 5.58. The number of aliphatic hydroxyl groups excluding tert-OH is 1. The minimum atomic E-state index is -0.771. The highest BCUT2D eigenvalue weighted by Crippen LogP contribution is 2.34. The molecule has 2 rings (SSSR count). The lowest BCUT2D eigenvalue weighted by atomic mass is 10.00. The molecule has 1 unspecified atom stereocenters. The van der Waals surface area contributed by atoms with E-state index in [1.807, 2.05) is 25.1 Å². The number of methoxy groups -OCH3 is 1. The molecule has 0 aliphatic carbocycles. The lowest BCUT2D eigenvalue weighted by Gasteiger charge is -2.16. The third-order valence-electron chi connectivity index (χ3n) is 2.95. The van der Waals surface area contributed by atoms with Crippen molar-refractivity contribution in [3.05, 3.63) is 62.6 Å². The van der Waals surface area contributed by atoms with Crippen molar-refractivity contribution >= 4 is 27.5 Å². The number of benzene rings is 2. The van der Waals surface area contributed by atoms with E-state index in [9.17, 15) is 5.11 Å². The zero-order valence-corrected chi connectivity index (χ0v) is 13.0. The van der Waals surface area contributed by atoms with Gasteiger partial charge >= 0.3 is 0 Å². The maximum atomic E-state index is 10.5. The fraction of sp³-hybridized carbons (Fsp3) is 0.200. The summed E-state index contributed by atoms with van der Waals surface area (Å²) in [5.74, 6) is 0.671. The molecule has 0 aliphatic rings. The second kappa shape index (κ2) is 5.95. The molecule has 0 bridgehead atoms. The molecular weight excluding hydrogens is 328 g/mol. The molecule has 4 heteroatoms. The van der Waals surface area contributed by atoms with Crippen LogP contribution < -0.4 is 4.74 Å². The van der Waals surface area contributed by atoms with Gasteiger partial charge in [0.2, 0.25) is 0 Å². The van der Waals surface area contributed by atoms with Gasteiger partial charge in [0, 0.05) is 10.0 Å². The molecule has 0 spiro atoms. The Morgan fingerprint density at radius 1 is 1.16 bits per heavy atom. The number of aliphatic hydroxyl groups is 1. The summed E-state index contributed by atoms with van der Waals surface area (Å²) in [7, 11) is 1.58. The summed E-state index contributed by atoms with van der Waals surface area (Å²) in [4.78, 5) is 0. The van der Waals surface area contributed by atoms with Gasteiger partial charge in [0.25, 0.3) is 0 Å². The summed E-state index contributed by atoms with van der Waals surface area (Å²) >= 11 is 9.64. The Morgan fingerprint density at radius 3 is 2.53 bits per heavy atom. The van der Waals surface area contributed by atoms with Crippen LogP contribution in [0.5, 0.6) is 5.75 Å². The largest absolute Gasteiger partial charge is 0.497 e. The third-order valence-corrected chi connectivity index (χ3v) is 4.00. The molecule has 100 valence electrons. The molecule has 1 N–H and O–H groups in total. The van der Waals surface area contributed by atoms with Gasteiger partial charge in [0.1, 0.15) is 11.9 Å². The molecule has 0 aliphatic heterocycles. The predicted octanol–water partition coefficient (Wildman–Crippen LogP) is 4.50. The Morgan fingerprint density at radius 2 is 1.89 bits per heavy atom. The molecule has 19 heavy (non-hydrogen) atoms. The molecule has 0 amide bonds. The quantitative estimate of drug-likeness (QED) is 0.890. The lowest BCUT2D eigenvalue weighted by molar-refractivity contribution is 0.219. The van der Waals surface area contributed by atoms with E-state index in [-0.39, 0.29) is 0 Å². The zero-order valence-electron chi connectivity index (χ0n) is 10.7. The van der Waals surface area contributed by atoms with Crippen molar-refractivity contribution in [2.75, 3.05) is 7.11 Å². The highest BCUT2D eigenvalue weighted by atomic mass is 79.9. The van der Waals surface area contributed by atoms with Gasteiger partial charge in [-0.05, 0) is 30.7 Å². The number of hydrogen-bond donors (Lipinski definition) is 1. The van der Waals surface area contributed by atoms with Gasteiger partial charge in [0.05, 0.1) is 12.1 Å². The van der Waals surface area contributed by atoms with Gasteiger partial charge in [0.15, 0.2) is 0 Å². The van der Waals surface area contributed by atoms with Gasteiger partial charge in [-0.2, -0.15) is 0 Å². The van der Waals surface area contributed by atoms with E-state index < -0.39 is 6.10 Å². The van der Waals surface area contributed by atoms with E-state index in [4.69, 9.17) is 16.3 Å². The van der Waals surface area contributed by atoms with Crippen LogP contribution in [0.2, 0.25) is 5.02 Å². The van der Waals surface area contributed by atoms with E-state index in [0.717, 1.165) is 15.6 Å². The van der Waals surface area contributed by atoms with Crippen LogP contribution in [0.4, 0.5) is 0 Å². The first kappa shape index (κ1) is 14.4. The van der Waals surface area contributed by atoms with Crippen molar-refractivity contribution in [3.8, 4) is 5.75 Å². The first-order valence-corrected chi connectivity index (χ1v) is 6.97. The number of aryl methyl sites for hydroxylation is 1. The van der Waals surface area contributed by atoms with Crippen LogP contribution in [-0.4, -0.2) is 12.2 Å². The predicted molar refractivity (Wildman–Crippen MR) is 80.9 cm³/mol. The molecular formula is C15H14BrClO2. The molecule has 0 radical (unpaired) electrons. The molecule has 0 aromatic heterocycles. The Kier molecular flexibility index (Phi) is 4.50. The summed E-state index contributed by atoms with van der Waals surface area (Å²) in [5.41, 5.74) is 2.54. The Labute approximate surface area is 126 Å². The van der Waals surface area contributed by atoms with Crippen LogP contribution >= 0.6 is 27.5 Å². The molecule has 1 atom stereocenters. The van der Waals surface area contributed by atoms with E-state index >= 15 is 0 Å². The highest BCUT2D eigenvalue weighted by molar-refractivity contribution is 9.10. The van der Waals surface area contributed by atoms with Crippen molar-refractivity contribution in [1.29, 1.82) is 0 Å². The van der Waals surface area contributed by atoms with Gasteiger partial charge < -0.3 is 9.84 Å². The minimum absolute atomic E-state index is 0.486. The molecule has 0 saturated carbocycles. The van der Waals surface area contributed by atoms with Gasteiger partial charge in [-0.3, -0.25) is 0 Å².